The van der Waals surface area contributed by atoms with E-state index in [-0.39, 0.29) is 5.41 Å². The van der Waals surface area contributed by atoms with E-state index in [1.807, 2.05) is 18.2 Å². The van der Waals surface area contributed by atoms with Gasteiger partial charge in [0.1, 0.15) is 5.75 Å². The maximum absolute atomic E-state index is 8.62. The van der Waals surface area contributed by atoms with E-state index >= 15 is 0 Å². The van der Waals surface area contributed by atoms with Crippen LogP contribution in [0.25, 0.3) is 0 Å². The second-order valence-corrected chi connectivity index (χ2v) is 5.43. The zero-order chi connectivity index (χ0) is 13.6. The molecule has 0 atom stereocenters. The van der Waals surface area contributed by atoms with Crippen LogP contribution in [0.3, 0.4) is 0 Å². The lowest BCUT2D eigenvalue weighted by Crippen LogP contribution is -2.23. The minimum atomic E-state index is 0.0577. The van der Waals surface area contributed by atoms with Gasteiger partial charge in [0.2, 0.25) is 0 Å². The minimum Gasteiger partial charge on any atom is -0.497 e. The molecular formula is C14H19ClN2O. The summed E-state index contributed by atoms with van der Waals surface area (Å²) < 4.78 is 5.16. The fraction of sp³-hybridized carbons (Fsp3) is 0.500. The van der Waals surface area contributed by atoms with Gasteiger partial charge >= 0.3 is 0 Å². The molecule has 0 saturated heterocycles. The number of ether oxygens (including phenoxy) is 1. The molecule has 0 spiro atoms. The highest BCUT2D eigenvalue weighted by molar-refractivity contribution is 6.33. The van der Waals surface area contributed by atoms with Gasteiger partial charge in [-0.2, -0.15) is 5.26 Å². The molecule has 1 aromatic carbocycles. The van der Waals surface area contributed by atoms with Crippen molar-refractivity contribution in [1.82, 2.24) is 0 Å². The minimum absolute atomic E-state index is 0.0577. The summed E-state index contributed by atoms with van der Waals surface area (Å²) in [5.74, 6) is 0.775. The summed E-state index contributed by atoms with van der Waals surface area (Å²) in [7, 11) is 1.63. The Hall–Kier alpha value is -1.40. The van der Waals surface area contributed by atoms with Gasteiger partial charge in [-0.3, -0.25) is 0 Å². The smallest absolute Gasteiger partial charge is 0.121 e. The van der Waals surface area contributed by atoms with Crippen LogP contribution < -0.4 is 10.1 Å². The molecule has 0 saturated carbocycles. The maximum Gasteiger partial charge on any atom is 0.121 e. The quantitative estimate of drug-likeness (QED) is 0.843. The zero-order valence-corrected chi connectivity index (χ0v) is 11.8. The molecule has 0 radical (unpaired) electrons. The molecule has 0 aromatic heterocycles. The number of nitrogens with zero attached hydrogens (tertiary/aromatic N) is 1. The molecule has 1 aromatic rings. The number of halogens is 1. The summed E-state index contributed by atoms with van der Waals surface area (Å²) in [6, 6.07) is 7.69. The lowest BCUT2D eigenvalue weighted by atomic mass is 9.88. The average Bonchev–Trinajstić information content (AvgIpc) is 2.35. The lowest BCUT2D eigenvalue weighted by Gasteiger charge is -2.24. The molecule has 0 fully saturated rings. The molecule has 3 nitrogen and oxygen atoms in total. The number of rotatable bonds is 6. The van der Waals surface area contributed by atoms with Crippen molar-refractivity contribution in [1.29, 1.82) is 5.26 Å². The van der Waals surface area contributed by atoms with Crippen LogP contribution >= 0.6 is 11.6 Å². The molecule has 0 aliphatic carbocycles. The molecular weight excluding hydrogens is 248 g/mol. The summed E-state index contributed by atoms with van der Waals surface area (Å²) in [5.41, 5.74) is 0.920. The Morgan fingerprint density at radius 1 is 1.44 bits per heavy atom. The molecule has 0 unspecified atom stereocenters. The summed E-state index contributed by atoms with van der Waals surface area (Å²) in [5, 5.41) is 12.6. The topological polar surface area (TPSA) is 45.0 Å². The SMILES string of the molecule is COc1ccc(Cl)c(NCC(C)(C)CCC#N)c1. The van der Waals surface area contributed by atoms with Crippen LogP contribution in [0, 0.1) is 16.7 Å². The highest BCUT2D eigenvalue weighted by Crippen LogP contribution is 2.29. The maximum atomic E-state index is 8.62. The predicted octanol–water partition coefficient (Wildman–Crippen LogP) is 4.09. The lowest BCUT2D eigenvalue weighted by molar-refractivity contribution is 0.363. The molecule has 0 heterocycles. The van der Waals surface area contributed by atoms with Gasteiger partial charge in [-0.15, -0.1) is 0 Å². The Morgan fingerprint density at radius 3 is 2.78 bits per heavy atom. The van der Waals surface area contributed by atoms with Crippen molar-refractivity contribution in [2.75, 3.05) is 19.0 Å². The summed E-state index contributed by atoms with van der Waals surface area (Å²) in [4.78, 5) is 0. The number of methoxy groups -OCH3 is 1. The Kier molecular flexibility index (Phi) is 5.30. The van der Waals surface area contributed by atoms with Crippen molar-refractivity contribution in [2.24, 2.45) is 5.41 Å². The van der Waals surface area contributed by atoms with E-state index < -0.39 is 0 Å². The fourth-order valence-corrected chi connectivity index (χ4v) is 1.77. The van der Waals surface area contributed by atoms with Gasteiger partial charge in [0.15, 0.2) is 0 Å². The van der Waals surface area contributed by atoms with Gasteiger partial charge in [-0.25, -0.2) is 0 Å². The van der Waals surface area contributed by atoms with E-state index in [2.05, 4.69) is 25.2 Å². The number of nitrogens with one attached hydrogen (secondary N) is 1. The molecule has 1 rings (SSSR count). The third kappa shape index (κ3) is 4.46. The number of hydrogen-bond acceptors (Lipinski definition) is 3. The van der Waals surface area contributed by atoms with Crippen LogP contribution in [0.5, 0.6) is 5.75 Å². The van der Waals surface area contributed by atoms with E-state index in [4.69, 9.17) is 21.6 Å². The van der Waals surface area contributed by atoms with Crippen molar-refractivity contribution in [3.05, 3.63) is 23.2 Å². The highest BCUT2D eigenvalue weighted by atomic mass is 35.5. The van der Waals surface area contributed by atoms with E-state index in [0.717, 1.165) is 24.4 Å². The number of nitriles is 1. The second kappa shape index (κ2) is 6.51. The monoisotopic (exact) mass is 266 g/mol. The summed E-state index contributed by atoms with van der Waals surface area (Å²) in [6.07, 6.45) is 1.43. The van der Waals surface area contributed by atoms with Crippen LogP contribution in [0.1, 0.15) is 26.7 Å². The third-order valence-corrected chi connectivity index (χ3v) is 3.17. The molecule has 0 amide bonds. The first-order valence-corrected chi connectivity index (χ1v) is 6.31. The summed E-state index contributed by atoms with van der Waals surface area (Å²) in [6.45, 7) is 5.03. The molecule has 0 aliphatic heterocycles. The predicted molar refractivity (Wildman–Crippen MR) is 75.1 cm³/mol. The average molecular weight is 267 g/mol. The van der Waals surface area contributed by atoms with Crippen LogP contribution in [0.15, 0.2) is 18.2 Å². The van der Waals surface area contributed by atoms with Crippen LogP contribution in [-0.2, 0) is 0 Å². The van der Waals surface area contributed by atoms with Crippen LogP contribution in [0.2, 0.25) is 5.02 Å². The van der Waals surface area contributed by atoms with Crippen molar-refractivity contribution in [2.45, 2.75) is 26.7 Å². The molecule has 0 aliphatic rings. The molecule has 1 N–H and O–H groups in total. The molecule has 0 bridgehead atoms. The summed E-state index contributed by atoms with van der Waals surface area (Å²) >= 11 is 6.12. The number of anilines is 1. The van der Waals surface area contributed by atoms with Gasteiger partial charge in [-0.1, -0.05) is 25.4 Å². The van der Waals surface area contributed by atoms with E-state index in [0.29, 0.717) is 11.4 Å². The van der Waals surface area contributed by atoms with Crippen molar-refractivity contribution in [3.8, 4) is 11.8 Å². The Bertz CT molecular complexity index is 438. The Morgan fingerprint density at radius 2 is 2.17 bits per heavy atom. The van der Waals surface area contributed by atoms with Gasteiger partial charge in [-0.05, 0) is 24.0 Å². The van der Waals surface area contributed by atoms with E-state index in [1.165, 1.54) is 0 Å². The molecule has 18 heavy (non-hydrogen) atoms. The van der Waals surface area contributed by atoms with Gasteiger partial charge in [0.25, 0.3) is 0 Å². The first-order chi connectivity index (χ1) is 8.48. The number of benzene rings is 1. The first-order valence-electron chi connectivity index (χ1n) is 5.93. The van der Waals surface area contributed by atoms with E-state index in [9.17, 15) is 0 Å². The Balaban J connectivity index is 2.65. The fourth-order valence-electron chi connectivity index (χ4n) is 1.58. The Labute approximate surface area is 114 Å². The molecule has 4 heteroatoms. The van der Waals surface area contributed by atoms with Crippen molar-refractivity contribution >= 4 is 17.3 Å². The zero-order valence-electron chi connectivity index (χ0n) is 11.1. The van der Waals surface area contributed by atoms with Crippen LogP contribution in [0.4, 0.5) is 5.69 Å². The van der Waals surface area contributed by atoms with Gasteiger partial charge in [0, 0.05) is 19.0 Å². The van der Waals surface area contributed by atoms with Gasteiger partial charge in [0.05, 0.1) is 23.9 Å². The second-order valence-electron chi connectivity index (χ2n) is 5.02. The normalized spacial score (nSPS) is 10.8. The van der Waals surface area contributed by atoms with Crippen molar-refractivity contribution < 1.29 is 4.74 Å². The largest absolute Gasteiger partial charge is 0.497 e. The third-order valence-electron chi connectivity index (χ3n) is 2.84. The van der Waals surface area contributed by atoms with Crippen molar-refractivity contribution in [3.63, 3.8) is 0 Å². The van der Waals surface area contributed by atoms with Crippen LogP contribution in [-0.4, -0.2) is 13.7 Å². The first kappa shape index (κ1) is 14.7. The molecule has 98 valence electrons. The standard InChI is InChI=1S/C14H19ClN2O/c1-14(2,7-4-8-16)10-17-13-9-11(18-3)5-6-12(13)15/h5-6,9,17H,4,7,10H2,1-3H3. The number of hydrogen-bond donors (Lipinski definition) is 1. The van der Waals surface area contributed by atoms with Gasteiger partial charge < -0.3 is 10.1 Å². The highest BCUT2D eigenvalue weighted by Gasteiger charge is 2.17. The van der Waals surface area contributed by atoms with E-state index in [1.54, 1.807) is 7.11 Å².